The monoisotopic (exact) mass is 463 g/mol. The molecule has 1 aliphatic rings. The molecule has 172 valence electrons. The molecule has 1 amide bonds. The lowest BCUT2D eigenvalue weighted by Gasteiger charge is -2.28. The van der Waals surface area contributed by atoms with Crippen LogP contribution in [0.25, 0.3) is 0 Å². The van der Waals surface area contributed by atoms with E-state index < -0.39 is 0 Å². The minimum atomic E-state index is -0.185. The Kier molecular flexibility index (Phi) is 6.76. The molecule has 33 heavy (non-hydrogen) atoms. The van der Waals surface area contributed by atoms with Gasteiger partial charge in [-0.05, 0) is 80.5 Å². The number of thiocarbonyl (C=S) groups is 1. The van der Waals surface area contributed by atoms with Gasteiger partial charge < -0.3 is 24.8 Å². The van der Waals surface area contributed by atoms with E-state index in [-0.39, 0.29) is 24.6 Å². The molecule has 8 heteroatoms. The van der Waals surface area contributed by atoms with Crippen LogP contribution in [0.15, 0.2) is 61.1 Å². The van der Waals surface area contributed by atoms with Crippen LogP contribution >= 0.6 is 12.2 Å². The van der Waals surface area contributed by atoms with Gasteiger partial charge in [-0.15, -0.1) is 0 Å². The third-order valence-electron chi connectivity index (χ3n) is 5.81. The van der Waals surface area contributed by atoms with Crippen molar-refractivity contribution < 1.29 is 9.53 Å². The Morgan fingerprint density at radius 2 is 2.09 bits per heavy atom. The number of hydrogen-bond donors (Lipinski definition) is 2. The molecule has 1 fully saturated rings. The Morgan fingerprint density at radius 3 is 2.73 bits per heavy atom. The lowest BCUT2D eigenvalue weighted by molar-refractivity contribution is -0.119. The Labute approximate surface area is 199 Å². The van der Waals surface area contributed by atoms with Crippen LogP contribution in [-0.4, -0.2) is 34.3 Å². The van der Waals surface area contributed by atoms with E-state index in [1.807, 2.05) is 43.3 Å². The molecule has 2 N–H and O–H groups in total. The summed E-state index contributed by atoms with van der Waals surface area (Å²) in [6.45, 7) is 6.31. The number of nitrogens with zero attached hydrogens (tertiary/aromatic N) is 3. The van der Waals surface area contributed by atoms with Gasteiger partial charge in [0, 0.05) is 43.1 Å². The zero-order valence-electron chi connectivity index (χ0n) is 19.3. The van der Waals surface area contributed by atoms with Gasteiger partial charge in [0.1, 0.15) is 6.61 Å². The van der Waals surface area contributed by atoms with Crippen molar-refractivity contribution >= 4 is 34.6 Å². The molecule has 1 aliphatic heterocycles. The number of pyridine rings is 1. The highest BCUT2D eigenvalue weighted by Crippen LogP contribution is 2.42. The summed E-state index contributed by atoms with van der Waals surface area (Å²) < 4.78 is 7.12. The smallest absolute Gasteiger partial charge is 0.250 e. The Balaban J connectivity index is 1.72. The molecule has 1 aromatic carbocycles. The summed E-state index contributed by atoms with van der Waals surface area (Å²) in [6.07, 6.45) is 6.09. The van der Waals surface area contributed by atoms with Gasteiger partial charge in [0.2, 0.25) is 5.91 Å². The highest BCUT2D eigenvalue weighted by Gasteiger charge is 2.41. The Morgan fingerprint density at radius 1 is 1.27 bits per heavy atom. The van der Waals surface area contributed by atoms with E-state index in [2.05, 4.69) is 57.4 Å². The third kappa shape index (κ3) is 4.77. The van der Waals surface area contributed by atoms with E-state index in [4.69, 9.17) is 17.0 Å². The molecule has 0 radical (unpaired) electrons. The lowest BCUT2D eigenvalue weighted by atomic mass is 9.98. The maximum Gasteiger partial charge on any atom is 0.250 e. The Bertz CT molecular complexity index is 1140. The zero-order chi connectivity index (χ0) is 23.5. The van der Waals surface area contributed by atoms with Gasteiger partial charge in [0.15, 0.2) is 5.11 Å². The Hall–Kier alpha value is -3.23. The maximum absolute atomic E-state index is 12.0. The number of ether oxygens (including phenoxy) is 1. The molecule has 0 aliphatic carbocycles. The summed E-state index contributed by atoms with van der Waals surface area (Å²) in [5, 5.41) is 7.02. The number of methoxy groups -OCH3 is 1. The van der Waals surface area contributed by atoms with E-state index in [0.717, 1.165) is 28.2 Å². The second-order valence-corrected chi connectivity index (χ2v) is 8.85. The normalized spacial score (nSPS) is 18.0. The molecule has 7 nitrogen and oxygen atoms in total. The number of amides is 1. The fourth-order valence-corrected chi connectivity index (χ4v) is 4.50. The predicted octanol–water partition coefficient (Wildman–Crippen LogP) is 4.53. The quantitative estimate of drug-likeness (QED) is 0.502. The van der Waals surface area contributed by atoms with Crippen molar-refractivity contribution in [3.63, 3.8) is 0 Å². The first-order valence-corrected chi connectivity index (χ1v) is 11.4. The van der Waals surface area contributed by atoms with E-state index in [1.54, 1.807) is 6.20 Å². The number of rotatable bonds is 7. The third-order valence-corrected chi connectivity index (χ3v) is 6.13. The van der Waals surface area contributed by atoms with Crippen LogP contribution in [0, 0.1) is 6.92 Å². The second kappa shape index (κ2) is 9.72. The number of aromatic nitrogens is 2. The van der Waals surface area contributed by atoms with Crippen molar-refractivity contribution in [1.29, 1.82) is 0 Å². The molecule has 3 aromatic rings. The van der Waals surface area contributed by atoms with Crippen molar-refractivity contribution in [3.8, 4) is 0 Å². The molecular weight excluding hydrogens is 434 g/mol. The summed E-state index contributed by atoms with van der Waals surface area (Å²) in [6, 6.07) is 14.2. The SMILES string of the molecule is COCC(=O)Nc1ccc(N2C(=S)N[C@@H](c3ccccn3)[C@@H]2c2ccn(C(C)C)c2)cc1C. The molecule has 0 bridgehead atoms. The first-order chi connectivity index (χ1) is 15.9. The van der Waals surface area contributed by atoms with Crippen LogP contribution in [0.2, 0.25) is 0 Å². The molecule has 3 heterocycles. The molecule has 4 rings (SSSR count). The molecular formula is C25H29N5O2S. The van der Waals surface area contributed by atoms with Crippen molar-refractivity contribution in [2.45, 2.75) is 38.9 Å². The van der Waals surface area contributed by atoms with E-state index in [1.165, 1.54) is 7.11 Å². The van der Waals surface area contributed by atoms with Crippen molar-refractivity contribution in [2.75, 3.05) is 23.9 Å². The fraction of sp³-hybridized carbons (Fsp3) is 0.320. The highest BCUT2D eigenvalue weighted by molar-refractivity contribution is 7.80. The minimum Gasteiger partial charge on any atom is -0.375 e. The van der Waals surface area contributed by atoms with E-state index >= 15 is 0 Å². The largest absolute Gasteiger partial charge is 0.375 e. The van der Waals surface area contributed by atoms with Crippen molar-refractivity contribution in [2.24, 2.45) is 0 Å². The number of nitrogens with one attached hydrogen (secondary N) is 2. The van der Waals surface area contributed by atoms with E-state index in [0.29, 0.717) is 11.2 Å². The van der Waals surface area contributed by atoms with Crippen molar-refractivity contribution in [3.05, 3.63) is 77.9 Å². The summed E-state index contributed by atoms with van der Waals surface area (Å²) in [5.41, 5.74) is 4.74. The summed E-state index contributed by atoms with van der Waals surface area (Å²) in [4.78, 5) is 18.7. The van der Waals surface area contributed by atoms with Crippen LogP contribution in [0.3, 0.4) is 0 Å². The van der Waals surface area contributed by atoms with Crippen LogP contribution in [0.4, 0.5) is 11.4 Å². The first kappa shape index (κ1) is 22.9. The van der Waals surface area contributed by atoms with E-state index in [9.17, 15) is 4.79 Å². The van der Waals surface area contributed by atoms with Crippen LogP contribution < -0.4 is 15.5 Å². The van der Waals surface area contributed by atoms with Crippen LogP contribution in [0.5, 0.6) is 0 Å². The van der Waals surface area contributed by atoms with Gasteiger partial charge in [-0.2, -0.15) is 0 Å². The number of aryl methyl sites for hydroxylation is 1. The number of carbonyl (C=O) groups excluding carboxylic acids is 1. The van der Waals surface area contributed by atoms with Crippen molar-refractivity contribution in [1.82, 2.24) is 14.9 Å². The first-order valence-electron chi connectivity index (χ1n) is 11.0. The van der Waals surface area contributed by atoms with Gasteiger partial charge in [-0.25, -0.2) is 0 Å². The number of benzene rings is 1. The molecule has 2 atom stereocenters. The number of carbonyl (C=O) groups is 1. The number of anilines is 2. The molecule has 2 aromatic heterocycles. The summed E-state index contributed by atoms with van der Waals surface area (Å²) in [5.74, 6) is -0.185. The lowest BCUT2D eigenvalue weighted by Crippen LogP contribution is -2.29. The maximum atomic E-state index is 12.0. The zero-order valence-corrected chi connectivity index (χ0v) is 20.1. The molecule has 0 spiro atoms. The summed E-state index contributed by atoms with van der Waals surface area (Å²) >= 11 is 5.81. The predicted molar refractivity (Wildman–Crippen MR) is 134 cm³/mol. The number of hydrogen-bond acceptors (Lipinski definition) is 4. The summed E-state index contributed by atoms with van der Waals surface area (Å²) in [7, 11) is 1.50. The van der Waals surface area contributed by atoms with Gasteiger partial charge in [0.05, 0.1) is 17.8 Å². The molecule has 1 saturated heterocycles. The second-order valence-electron chi connectivity index (χ2n) is 8.46. The minimum absolute atomic E-state index is 0.0159. The van der Waals surface area contributed by atoms with Gasteiger partial charge >= 0.3 is 0 Å². The average molecular weight is 464 g/mol. The topological polar surface area (TPSA) is 71.4 Å². The van der Waals surface area contributed by atoms with Gasteiger partial charge in [-0.1, -0.05) is 6.07 Å². The molecule has 0 saturated carbocycles. The van der Waals surface area contributed by atoms with Crippen LogP contribution in [0.1, 0.15) is 48.8 Å². The highest BCUT2D eigenvalue weighted by atomic mass is 32.1. The van der Waals surface area contributed by atoms with Crippen LogP contribution in [-0.2, 0) is 9.53 Å². The molecule has 0 unspecified atom stereocenters. The standard InChI is InChI=1S/C25H29N5O2S/c1-16(2)29-12-10-18(14-29)24-23(21-7-5-6-11-26-21)28-25(33)30(24)19-8-9-20(17(3)13-19)27-22(31)15-32-4/h5-14,16,23-24H,15H2,1-4H3,(H,27,31)(H,28,33)/t23-,24-/m0/s1. The van der Waals surface area contributed by atoms with Gasteiger partial charge in [-0.3, -0.25) is 9.78 Å². The fourth-order valence-electron chi connectivity index (χ4n) is 4.15. The van der Waals surface area contributed by atoms with Gasteiger partial charge in [0.25, 0.3) is 0 Å². The average Bonchev–Trinajstić information content (AvgIpc) is 3.41.